The third-order valence-corrected chi connectivity index (χ3v) is 182. The van der Waals surface area contributed by atoms with Crippen molar-refractivity contribution < 1.29 is 86.4 Å². The van der Waals surface area contributed by atoms with Crippen LogP contribution in [0.15, 0.2) is 0 Å². The van der Waals surface area contributed by atoms with Gasteiger partial charge in [-0.25, -0.2) is 0 Å². The van der Waals surface area contributed by atoms with Crippen LogP contribution in [0.25, 0.3) is 0 Å². The molecule has 0 amide bonds. The zero-order valence-electron chi connectivity index (χ0n) is 34.2. The van der Waals surface area contributed by atoms with Crippen molar-refractivity contribution in [2.24, 2.45) is 0 Å². The Bertz CT molecular complexity index is 1110. The van der Waals surface area contributed by atoms with Crippen molar-refractivity contribution in [1.82, 2.24) is 0 Å². The van der Waals surface area contributed by atoms with Crippen LogP contribution in [-0.2, 0) is 28.8 Å². The number of hydrogen-bond acceptors (Lipinski definition) is 19. The molecule has 0 bridgehead atoms. The molecule has 0 aliphatic carbocycles. The summed E-state index contributed by atoms with van der Waals surface area (Å²) in [4.78, 5) is 139. The highest BCUT2D eigenvalue weighted by molar-refractivity contribution is 8.17. The lowest BCUT2D eigenvalue weighted by Crippen LogP contribution is -3.08. The molecule has 5 unspecified atom stereocenters. The third kappa shape index (κ3) is 14.5. The van der Waals surface area contributed by atoms with Gasteiger partial charge in [0.25, 0.3) is 32.3 Å². The van der Waals surface area contributed by atoms with Crippen molar-refractivity contribution in [2.45, 2.75) is 123 Å². The zero-order chi connectivity index (χ0) is 45.0. The maximum absolute atomic E-state index is 13.6. The van der Waals surface area contributed by atoms with Gasteiger partial charge in [0.15, 0.2) is 9.04 Å². The van der Waals surface area contributed by atoms with E-state index >= 15 is 0 Å². The third-order valence-electron chi connectivity index (χ3n) is 9.49. The molecule has 5 atom stereocenters. The van der Waals surface area contributed by atoms with Crippen molar-refractivity contribution in [3.05, 3.63) is 0 Å². The molecular weight excluding hydrogens is 1090 g/mol. The Kier molecular flexibility index (Phi) is 31.2. The lowest BCUT2D eigenvalue weighted by molar-refractivity contribution is 0.310. The van der Waals surface area contributed by atoms with Gasteiger partial charge >= 0.3 is 63.8 Å². The van der Waals surface area contributed by atoms with E-state index in [9.17, 15) is 57.5 Å². The molecule has 0 aliphatic heterocycles. The Hall–Kier alpha value is 3.58. The molecule has 39 heteroatoms. The first kappa shape index (κ1) is 61.6. The van der Waals surface area contributed by atoms with E-state index in [1.807, 2.05) is 13.1 Å². The molecule has 0 aromatic heterocycles. The van der Waals surface area contributed by atoms with E-state index < -0.39 is 172 Å². The summed E-state index contributed by atoms with van der Waals surface area (Å²) in [6.07, 6.45) is 9.75. The number of unbranched alkanes of at least 4 members (excludes halogenated alkanes) is 9. The summed E-state index contributed by atoms with van der Waals surface area (Å²) in [6, 6.07) is 0.0281. The van der Waals surface area contributed by atoms with Gasteiger partial charge in [0.1, 0.15) is 0 Å². The summed E-state index contributed by atoms with van der Waals surface area (Å²) < 4.78 is 45.7. The number of hydrogen-bond donors (Lipinski definition) is 12. The highest BCUT2D eigenvalue weighted by Crippen LogP contribution is 2.48. The second kappa shape index (κ2) is 29.4. The smallest absolute Gasteiger partial charge is 0.420 e. The van der Waals surface area contributed by atoms with Gasteiger partial charge in [0.05, 0.1) is 8.31 Å². The van der Waals surface area contributed by atoms with E-state index in [1.165, 1.54) is 19.4 Å². The summed E-state index contributed by atoms with van der Waals surface area (Å²) in [5, 5.41) is 0. The molecule has 58 heavy (non-hydrogen) atoms. The molecule has 0 aliphatic rings. The van der Waals surface area contributed by atoms with E-state index in [4.69, 9.17) is 28.8 Å². The summed E-state index contributed by atoms with van der Waals surface area (Å²) >= 11 is 0. The first-order valence-corrected chi connectivity index (χ1v) is 62.3. The van der Waals surface area contributed by atoms with Crippen LogP contribution in [0.2, 0.25) is 51.9 Å². The second-order valence-electron chi connectivity index (χ2n) is 14.6. The van der Waals surface area contributed by atoms with Gasteiger partial charge in [-0.2, -0.15) is 0 Å². The normalized spacial score (nSPS) is 18.5. The van der Waals surface area contributed by atoms with Crippen molar-refractivity contribution in [1.29, 1.82) is 0 Å². The van der Waals surface area contributed by atoms with Gasteiger partial charge in [-0.1, -0.05) is 84.2 Å². The molecule has 0 saturated heterocycles. The Labute approximate surface area is 378 Å². The maximum atomic E-state index is 13.6. The van der Waals surface area contributed by atoms with Gasteiger partial charge in [-0.3, -0.25) is 0 Å². The molecule has 19 nitrogen and oxygen atoms in total. The van der Waals surface area contributed by atoms with Gasteiger partial charge in [-0.05, 0) is 38.8 Å². The Morgan fingerprint density at radius 2 is 0.983 bits per heavy atom. The maximum Gasteiger partial charge on any atom is 0.420 e. The van der Waals surface area contributed by atoms with Gasteiger partial charge in [-0.15, -0.1) is 0 Å². The van der Waals surface area contributed by atoms with Gasteiger partial charge in [0.2, 0.25) is 58.7 Å². The Morgan fingerprint density at radius 3 is 1.34 bits per heavy atom. The minimum atomic E-state index is -5.64. The van der Waals surface area contributed by atoms with E-state index in [1.54, 1.807) is 26.2 Å². The molecule has 0 heterocycles. The molecule has 0 rings (SSSR count). The zero-order valence-corrected chi connectivity index (χ0v) is 54.5. The van der Waals surface area contributed by atoms with Crippen molar-refractivity contribution in [3.63, 3.8) is 0 Å². The molecule has 0 saturated carbocycles. The number of rotatable bonds is 37. The molecule has 330 valence electrons. The average molecular weight is 1150 g/mol. The monoisotopic (exact) mass is 1150 g/mol. The van der Waals surface area contributed by atoms with E-state index in [0.29, 0.717) is 12.8 Å². The summed E-state index contributed by atoms with van der Waals surface area (Å²) in [5.74, 6) is 0. The topological polar surface area (TPSA) is 307 Å². The lowest BCUT2D eigenvalue weighted by atomic mass is 10.1. The van der Waals surface area contributed by atoms with Crippen molar-refractivity contribution >= 4 is 172 Å². The first-order valence-electron chi connectivity index (χ1n) is 18.5. The van der Waals surface area contributed by atoms with E-state index in [2.05, 4.69) is 6.92 Å². The quantitative estimate of drug-likeness (QED) is 0.0203. The van der Waals surface area contributed by atoms with Crippen LogP contribution >= 0.6 is 0 Å². The van der Waals surface area contributed by atoms with Crippen LogP contribution < -0.4 is 0 Å². The largest absolute Gasteiger partial charge is 0.440 e. The Balaban J connectivity index is 8.97. The fraction of sp³-hybridized carbons (Fsp3) is 1.00. The van der Waals surface area contributed by atoms with Crippen LogP contribution in [-0.4, -0.2) is 230 Å². The molecule has 0 spiro atoms. The lowest BCUT2D eigenvalue weighted by Gasteiger charge is -2.65. The predicted molar refractivity (Wildman–Crippen MR) is 250 cm³/mol. The fourth-order valence-corrected chi connectivity index (χ4v) is 300. The van der Waals surface area contributed by atoms with Crippen LogP contribution in [0.4, 0.5) is 0 Å². The molecule has 0 aromatic rings. The van der Waals surface area contributed by atoms with Gasteiger partial charge < -0.3 is 86.4 Å². The Morgan fingerprint density at radius 1 is 0.517 bits per heavy atom. The SMILES string of the molecule is CCCCCCCCCCCC[Si](C)(O)[Si](O[Si]O)([Si]O)[Si](O[Si]O)([Si](O)([Si]O)[SiH](C)C)[Si](O[Si](C)(C)O[SiH](C)C)(O[Si](O[Si]O)([Si]O)[Si]O)[Si](O[Si]O)([Si]O)[Si]O. The summed E-state index contributed by atoms with van der Waals surface area (Å²) in [5.41, 5.74) is 0. The average Bonchev–Trinajstić information content (AvgIpc) is 3.17. The summed E-state index contributed by atoms with van der Waals surface area (Å²) in [6.45, 7) is -6.40. The minimum absolute atomic E-state index is 0.0281. The van der Waals surface area contributed by atoms with E-state index in [-0.39, 0.29) is 6.04 Å². The van der Waals surface area contributed by atoms with Gasteiger partial charge in [0, 0.05) is 0 Å². The molecule has 12 N–H and O–H groups in total. The molecular formula is C19H60O19Si20. The molecule has 0 aromatic carbocycles. The molecule has 20 radical (unpaired) electrons. The van der Waals surface area contributed by atoms with Crippen LogP contribution in [0.1, 0.15) is 71.1 Å². The minimum Gasteiger partial charge on any atom is -0.440 e. The van der Waals surface area contributed by atoms with E-state index in [0.717, 1.165) is 38.5 Å². The highest BCUT2D eigenvalue weighted by atomic mass is 30.4. The fourth-order valence-electron chi connectivity index (χ4n) is 6.89. The standard InChI is InChI=1S/C19H60O19Si20/c1-9-10-11-12-13-14-15-16-17-18-19-52(8,30)57(48-29,34-41-22)58(35-42-23,53(31,43-24)50(4)5)55(37-51(6,7)36-49(2)3,56(46-27,47-28)33-40-21)38-54(44-25,45-26)32-39-20/h20-31,49-50H,9-19H2,1-8H3. The van der Waals surface area contributed by atoms with Crippen LogP contribution in [0.5, 0.6) is 0 Å². The van der Waals surface area contributed by atoms with Crippen LogP contribution in [0.3, 0.4) is 0 Å². The highest BCUT2D eigenvalue weighted by Gasteiger charge is 2.93. The van der Waals surface area contributed by atoms with Crippen molar-refractivity contribution in [3.8, 4) is 0 Å². The summed E-state index contributed by atoms with van der Waals surface area (Å²) in [7, 11) is -37.9. The predicted octanol–water partition coefficient (Wildman–Crippen LogP) is -6.35. The van der Waals surface area contributed by atoms with Crippen LogP contribution in [0, 0.1) is 0 Å². The second-order valence-corrected chi connectivity index (χ2v) is 107. The first-order chi connectivity index (χ1) is 27.2. The van der Waals surface area contributed by atoms with Crippen molar-refractivity contribution in [2.75, 3.05) is 0 Å². The molecule has 0 fully saturated rings.